The van der Waals surface area contributed by atoms with Gasteiger partial charge in [-0.05, 0) is 41.4 Å². The molecule has 2 unspecified atom stereocenters. The summed E-state index contributed by atoms with van der Waals surface area (Å²) >= 11 is 7.04. The molecule has 2 rings (SSSR count). The molecule has 76 valence electrons. The smallest absolute Gasteiger partial charge is 0.146 e. The highest BCUT2D eigenvalue weighted by Crippen LogP contribution is 2.34. The van der Waals surface area contributed by atoms with E-state index in [9.17, 15) is 4.79 Å². The lowest BCUT2D eigenvalue weighted by Crippen LogP contribution is -2.04. The van der Waals surface area contributed by atoms with Crippen LogP contribution in [-0.2, 0) is 11.2 Å². The van der Waals surface area contributed by atoms with Gasteiger partial charge in [0.25, 0.3) is 0 Å². The van der Waals surface area contributed by atoms with Gasteiger partial charge in [0.2, 0.25) is 0 Å². The first-order valence-corrected chi connectivity index (χ1v) is 7.13. The van der Waals surface area contributed by atoms with Crippen molar-refractivity contribution in [2.24, 2.45) is 0 Å². The summed E-state index contributed by atoms with van der Waals surface area (Å²) in [6.45, 7) is 2.01. The van der Waals surface area contributed by atoms with E-state index in [1.165, 1.54) is 8.66 Å². The largest absolute Gasteiger partial charge is 0.298 e. The minimum Gasteiger partial charge on any atom is -0.298 e. The van der Waals surface area contributed by atoms with E-state index in [4.69, 9.17) is 0 Å². The molecule has 1 aliphatic rings. The molecule has 2 atom stereocenters. The number of halogens is 1. The van der Waals surface area contributed by atoms with Gasteiger partial charge in [0.15, 0.2) is 0 Å². The summed E-state index contributed by atoms with van der Waals surface area (Å²) < 4.78 is 1.18. The highest BCUT2D eigenvalue weighted by molar-refractivity contribution is 9.11. The lowest BCUT2D eigenvalue weighted by Gasteiger charge is -2.05. The van der Waals surface area contributed by atoms with E-state index in [1.54, 1.807) is 11.3 Å². The molecule has 0 amide bonds. The number of thiophene rings is 1. The molecular weight excluding hydrogens is 280 g/mol. The first kappa shape index (κ1) is 10.7. The van der Waals surface area contributed by atoms with Crippen molar-refractivity contribution in [1.29, 1.82) is 0 Å². The van der Waals surface area contributed by atoms with Gasteiger partial charge in [0, 0.05) is 16.5 Å². The molecule has 2 heterocycles. The predicted molar refractivity (Wildman–Crippen MR) is 66.2 cm³/mol. The highest BCUT2D eigenvalue weighted by Gasteiger charge is 2.29. The van der Waals surface area contributed by atoms with Crippen molar-refractivity contribution in [1.82, 2.24) is 0 Å². The Balaban J connectivity index is 1.96. The third-order valence-electron chi connectivity index (χ3n) is 2.34. The number of hydrogen-bond acceptors (Lipinski definition) is 3. The number of carbonyl (C=O) groups excluding carboxylic acids is 1. The quantitative estimate of drug-likeness (QED) is 0.829. The van der Waals surface area contributed by atoms with Crippen LogP contribution < -0.4 is 0 Å². The van der Waals surface area contributed by atoms with Gasteiger partial charge >= 0.3 is 0 Å². The first-order valence-electron chi connectivity index (χ1n) is 4.57. The minimum absolute atomic E-state index is 0.211. The maximum Gasteiger partial charge on any atom is 0.146 e. The van der Waals surface area contributed by atoms with Crippen molar-refractivity contribution < 1.29 is 4.79 Å². The zero-order valence-electron chi connectivity index (χ0n) is 7.83. The third kappa shape index (κ3) is 2.41. The number of carbonyl (C=O) groups is 1. The number of hydrogen-bond donors (Lipinski definition) is 0. The first-order chi connectivity index (χ1) is 6.65. The Hall–Kier alpha value is 0.200. The van der Waals surface area contributed by atoms with Crippen LogP contribution in [0.3, 0.4) is 0 Å². The summed E-state index contributed by atoms with van der Waals surface area (Å²) in [5, 5.41) is 0.714. The van der Waals surface area contributed by atoms with E-state index in [-0.39, 0.29) is 5.25 Å². The van der Waals surface area contributed by atoms with Gasteiger partial charge in [-0.15, -0.1) is 23.1 Å². The van der Waals surface area contributed by atoms with Gasteiger partial charge in [0.1, 0.15) is 5.78 Å². The molecule has 0 saturated carbocycles. The van der Waals surface area contributed by atoms with E-state index in [0.717, 1.165) is 12.8 Å². The molecule has 0 bridgehead atoms. The number of Topliss-reactive ketones (excluding diaryl/α,β-unsaturated/α-hetero) is 1. The molecule has 1 nitrogen and oxygen atoms in total. The Kier molecular flexibility index (Phi) is 3.34. The van der Waals surface area contributed by atoms with E-state index in [2.05, 4.69) is 28.1 Å². The highest BCUT2D eigenvalue weighted by atomic mass is 79.9. The Bertz CT molecular complexity index is 348. The van der Waals surface area contributed by atoms with E-state index < -0.39 is 0 Å². The molecule has 0 N–H and O–H groups in total. The third-order valence-corrected chi connectivity index (χ3v) is 5.37. The summed E-state index contributed by atoms with van der Waals surface area (Å²) in [6.07, 6.45) is 1.79. The Morgan fingerprint density at radius 2 is 2.36 bits per heavy atom. The van der Waals surface area contributed by atoms with Crippen LogP contribution in [0.2, 0.25) is 0 Å². The van der Waals surface area contributed by atoms with E-state index in [0.29, 0.717) is 11.0 Å². The van der Waals surface area contributed by atoms with Crippen molar-refractivity contribution in [3.05, 3.63) is 20.8 Å². The van der Waals surface area contributed by atoms with Crippen LogP contribution in [0.5, 0.6) is 0 Å². The summed E-state index contributed by atoms with van der Waals surface area (Å²) in [6, 6.07) is 4.22. The molecule has 1 fully saturated rings. The van der Waals surface area contributed by atoms with Crippen molar-refractivity contribution in [3.8, 4) is 0 Å². The second kappa shape index (κ2) is 4.37. The van der Waals surface area contributed by atoms with E-state index in [1.807, 2.05) is 18.7 Å². The molecule has 4 heteroatoms. The Labute approximate surface area is 100 Å². The monoisotopic (exact) mass is 290 g/mol. The fraction of sp³-hybridized carbons (Fsp3) is 0.500. The molecule has 1 saturated heterocycles. The van der Waals surface area contributed by atoms with Gasteiger partial charge in [0.05, 0.1) is 9.04 Å². The van der Waals surface area contributed by atoms with Crippen molar-refractivity contribution >= 4 is 44.8 Å². The van der Waals surface area contributed by atoms with Crippen LogP contribution in [0.1, 0.15) is 18.2 Å². The minimum atomic E-state index is 0.211. The zero-order valence-corrected chi connectivity index (χ0v) is 11.0. The molecule has 0 aliphatic carbocycles. The van der Waals surface area contributed by atoms with Crippen LogP contribution in [-0.4, -0.2) is 16.3 Å². The summed E-state index contributed by atoms with van der Waals surface area (Å²) in [4.78, 5) is 12.7. The molecule has 0 aromatic carbocycles. The lowest BCUT2D eigenvalue weighted by molar-refractivity contribution is -0.117. The maximum atomic E-state index is 11.4. The van der Waals surface area contributed by atoms with Crippen LogP contribution in [0.4, 0.5) is 0 Å². The predicted octanol–water partition coefficient (Wildman–Crippen LogP) is 3.52. The van der Waals surface area contributed by atoms with Crippen molar-refractivity contribution in [3.63, 3.8) is 0 Å². The molecular formula is C10H11BrOS2. The molecule has 0 spiro atoms. The van der Waals surface area contributed by atoms with Gasteiger partial charge in [-0.2, -0.15) is 0 Å². The number of rotatable bonds is 2. The summed E-state index contributed by atoms with van der Waals surface area (Å²) in [7, 11) is 0. The SMILES string of the molecule is CC1SC(Cc2ccc(Br)s2)CC1=O. The normalized spacial score (nSPS) is 27.1. The van der Waals surface area contributed by atoms with Crippen LogP contribution >= 0.6 is 39.0 Å². The Morgan fingerprint density at radius 3 is 2.86 bits per heavy atom. The van der Waals surface area contributed by atoms with Crippen LogP contribution in [0, 0.1) is 0 Å². The summed E-state index contributed by atoms with van der Waals surface area (Å²) in [5.41, 5.74) is 0. The average Bonchev–Trinajstić information content (AvgIpc) is 2.62. The van der Waals surface area contributed by atoms with Gasteiger partial charge in [-0.3, -0.25) is 4.79 Å². The van der Waals surface area contributed by atoms with Crippen LogP contribution in [0.15, 0.2) is 15.9 Å². The average molecular weight is 291 g/mol. The maximum absolute atomic E-state index is 11.4. The number of thioether (sulfide) groups is 1. The summed E-state index contributed by atoms with van der Waals surface area (Å²) in [5.74, 6) is 0.413. The topological polar surface area (TPSA) is 17.1 Å². The second-order valence-corrected chi connectivity index (χ2v) is 7.67. The second-order valence-electron chi connectivity index (χ2n) is 3.48. The van der Waals surface area contributed by atoms with E-state index >= 15 is 0 Å². The van der Waals surface area contributed by atoms with Crippen molar-refractivity contribution in [2.45, 2.75) is 30.3 Å². The van der Waals surface area contributed by atoms with Crippen molar-refractivity contribution in [2.75, 3.05) is 0 Å². The lowest BCUT2D eigenvalue weighted by atomic mass is 10.1. The van der Waals surface area contributed by atoms with Crippen LogP contribution in [0.25, 0.3) is 0 Å². The number of ketones is 1. The zero-order chi connectivity index (χ0) is 10.1. The van der Waals surface area contributed by atoms with Gasteiger partial charge < -0.3 is 0 Å². The molecule has 1 aromatic heterocycles. The van der Waals surface area contributed by atoms with Gasteiger partial charge in [-0.25, -0.2) is 0 Å². The molecule has 0 radical (unpaired) electrons. The fourth-order valence-electron chi connectivity index (χ4n) is 1.61. The molecule has 1 aromatic rings. The van der Waals surface area contributed by atoms with Gasteiger partial charge in [-0.1, -0.05) is 0 Å². The molecule has 14 heavy (non-hydrogen) atoms. The molecule has 1 aliphatic heterocycles. The fourth-order valence-corrected chi connectivity index (χ4v) is 4.64. The Morgan fingerprint density at radius 1 is 1.57 bits per heavy atom. The standard InChI is InChI=1S/C10H11BrOS2/c1-6-9(12)5-8(13-6)4-7-2-3-10(11)14-7/h2-3,6,8H,4-5H2,1H3.